The summed E-state index contributed by atoms with van der Waals surface area (Å²) in [5.74, 6) is 1.36. The Morgan fingerprint density at radius 3 is 1.80 bits per heavy atom. The summed E-state index contributed by atoms with van der Waals surface area (Å²) in [6, 6.07) is 68.8. The van der Waals surface area contributed by atoms with Crippen LogP contribution in [0, 0.1) is 6.92 Å². The molecule has 14 rings (SSSR count). The molecule has 1 unspecified atom stereocenters. The molecule has 0 fully saturated rings. The van der Waals surface area contributed by atoms with Crippen molar-refractivity contribution in [1.29, 1.82) is 0 Å². The zero-order valence-electron chi connectivity index (χ0n) is 39.0. The Morgan fingerprint density at radius 1 is 0.478 bits per heavy atom. The lowest BCUT2D eigenvalue weighted by molar-refractivity contribution is 0.504. The van der Waals surface area contributed by atoms with E-state index in [2.05, 4.69) is 238 Å². The van der Waals surface area contributed by atoms with E-state index in [9.17, 15) is 0 Å². The summed E-state index contributed by atoms with van der Waals surface area (Å²) in [5, 5.41) is 10.6. The number of fused-ring (bicyclic) bond motifs is 15. The zero-order chi connectivity index (χ0) is 46.1. The zero-order valence-corrected chi connectivity index (χ0v) is 39.0. The van der Waals surface area contributed by atoms with Crippen LogP contribution in [-0.4, -0.2) is 0 Å². The van der Waals surface area contributed by atoms with E-state index in [0.717, 1.165) is 79.4 Å². The van der Waals surface area contributed by atoms with Crippen LogP contribution in [0.2, 0.25) is 0 Å². The molecule has 2 aliphatic carbocycles. The van der Waals surface area contributed by atoms with Gasteiger partial charge in [-0.2, -0.15) is 0 Å². The van der Waals surface area contributed by atoms with Crippen LogP contribution in [0.3, 0.4) is 0 Å². The van der Waals surface area contributed by atoms with Gasteiger partial charge in [0.2, 0.25) is 0 Å². The molecule has 1 atom stereocenters. The van der Waals surface area contributed by atoms with Crippen molar-refractivity contribution in [3.05, 3.63) is 222 Å². The third-order valence-electron chi connectivity index (χ3n) is 15.3. The number of allylic oxidation sites excluding steroid dienone is 1. The summed E-state index contributed by atoms with van der Waals surface area (Å²) < 4.78 is 14.2. The second-order valence-corrected chi connectivity index (χ2v) is 19.7. The Labute approximate surface area is 400 Å². The number of hydrogen-bond acceptors (Lipinski definition) is 4. The number of rotatable bonds is 6. The van der Waals surface area contributed by atoms with E-state index < -0.39 is 0 Å². The van der Waals surface area contributed by atoms with E-state index in [1.54, 1.807) is 0 Å². The van der Waals surface area contributed by atoms with E-state index in [1.165, 1.54) is 65.5 Å². The number of anilines is 6. The number of furan rings is 2. The van der Waals surface area contributed by atoms with Crippen molar-refractivity contribution in [2.45, 2.75) is 45.4 Å². The number of hydrogen-bond donors (Lipinski definition) is 0. The van der Waals surface area contributed by atoms with E-state index >= 15 is 0 Å². The molecule has 0 saturated heterocycles. The predicted molar refractivity (Wildman–Crippen MR) is 290 cm³/mol. The second kappa shape index (κ2) is 14.8. The maximum atomic E-state index is 7.08. The topological polar surface area (TPSA) is 32.8 Å². The predicted octanol–water partition coefficient (Wildman–Crippen LogP) is 18.9. The molecular weight excluding hydrogens is 841 g/mol. The lowest BCUT2D eigenvalue weighted by Gasteiger charge is -2.30. The summed E-state index contributed by atoms with van der Waals surface area (Å²) in [5.41, 5.74) is 16.2. The molecule has 2 aliphatic rings. The van der Waals surface area contributed by atoms with Crippen LogP contribution in [0.25, 0.3) is 82.4 Å². The van der Waals surface area contributed by atoms with Crippen LogP contribution in [-0.2, 0) is 5.41 Å². The SMILES string of the molecule is Cc1cccc2c1oc1c(N(c3ccccc3)c3cc4c(c5ccccc35)-c3ccc(N(c5ccccc5)c5cc6ccccc6c6c7c(oc56)C(C)CC=C7)cc3C4(C)C)cc3ccccc3c12. The first-order chi connectivity index (χ1) is 33.8. The summed E-state index contributed by atoms with van der Waals surface area (Å²) in [7, 11) is 0. The Morgan fingerprint density at radius 2 is 1.07 bits per heavy atom. The number of nitrogens with zero attached hydrogens (tertiary/aromatic N) is 2. The van der Waals surface area contributed by atoms with Crippen LogP contribution in [0.1, 0.15) is 61.1 Å². The minimum absolute atomic E-state index is 0.293. The molecule has 2 aromatic heterocycles. The van der Waals surface area contributed by atoms with Gasteiger partial charge >= 0.3 is 0 Å². The lowest BCUT2D eigenvalue weighted by Crippen LogP contribution is -2.18. The van der Waals surface area contributed by atoms with Gasteiger partial charge in [0.1, 0.15) is 11.3 Å². The highest BCUT2D eigenvalue weighted by Gasteiger charge is 2.39. The lowest BCUT2D eigenvalue weighted by atomic mass is 9.81. The fraction of sp³-hybridized carbons (Fsp3) is 0.108. The fourth-order valence-corrected chi connectivity index (χ4v) is 12.0. The number of benzene rings is 10. The molecule has 0 aliphatic heterocycles. The molecule has 330 valence electrons. The van der Waals surface area contributed by atoms with Crippen molar-refractivity contribution in [3.63, 3.8) is 0 Å². The number of aryl methyl sites for hydroxylation is 1. The van der Waals surface area contributed by atoms with Gasteiger partial charge in [-0.25, -0.2) is 0 Å². The molecule has 69 heavy (non-hydrogen) atoms. The molecule has 4 nitrogen and oxygen atoms in total. The third-order valence-corrected chi connectivity index (χ3v) is 15.3. The average molecular weight is 889 g/mol. The van der Waals surface area contributed by atoms with Crippen molar-refractivity contribution < 1.29 is 8.83 Å². The Balaban J connectivity index is 1.00. The highest BCUT2D eigenvalue weighted by molar-refractivity contribution is 6.24. The van der Waals surface area contributed by atoms with Crippen LogP contribution in [0.4, 0.5) is 34.1 Å². The summed E-state index contributed by atoms with van der Waals surface area (Å²) in [4.78, 5) is 4.86. The van der Waals surface area contributed by atoms with Crippen LogP contribution in [0.15, 0.2) is 203 Å². The second-order valence-electron chi connectivity index (χ2n) is 19.7. The minimum atomic E-state index is -0.373. The molecule has 0 spiro atoms. The molecule has 0 saturated carbocycles. The van der Waals surface area contributed by atoms with Crippen molar-refractivity contribution in [1.82, 2.24) is 0 Å². The Hall–Kier alpha value is -8.34. The van der Waals surface area contributed by atoms with Gasteiger partial charge in [-0.05, 0) is 123 Å². The molecule has 0 amide bonds. The number of para-hydroxylation sites is 3. The summed E-state index contributed by atoms with van der Waals surface area (Å²) >= 11 is 0. The first kappa shape index (κ1) is 39.8. The van der Waals surface area contributed by atoms with Gasteiger partial charge in [-0.1, -0.05) is 166 Å². The van der Waals surface area contributed by atoms with Crippen molar-refractivity contribution >= 4 is 105 Å². The van der Waals surface area contributed by atoms with E-state index in [4.69, 9.17) is 8.83 Å². The normalized spacial score (nSPS) is 14.8. The Bertz CT molecular complexity index is 4120. The first-order valence-electron chi connectivity index (χ1n) is 24.2. The monoisotopic (exact) mass is 888 g/mol. The molecular formula is C65H48N2O2. The molecule has 2 heterocycles. The highest BCUT2D eigenvalue weighted by Crippen LogP contribution is 2.57. The summed E-state index contributed by atoms with van der Waals surface area (Å²) in [6.45, 7) is 9.22. The van der Waals surface area contributed by atoms with Crippen molar-refractivity contribution in [2.75, 3.05) is 9.80 Å². The van der Waals surface area contributed by atoms with Crippen LogP contribution < -0.4 is 9.80 Å². The maximum absolute atomic E-state index is 7.08. The third kappa shape index (κ3) is 5.75. The van der Waals surface area contributed by atoms with Gasteiger partial charge < -0.3 is 18.6 Å². The van der Waals surface area contributed by atoms with E-state index in [-0.39, 0.29) is 5.41 Å². The van der Waals surface area contributed by atoms with Gasteiger partial charge in [-0.15, -0.1) is 0 Å². The van der Waals surface area contributed by atoms with Gasteiger partial charge in [-0.3, -0.25) is 0 Å². The maximum Gasteiger partial charge on any atom is 0.160 e. The smallest absolute Gasteiger partial charge is 0.160 e. The molecule has 0 radical (unpaired) electrons. The van der Waals surface area contributed by atoms with E-state index in [1.807, 2.05) is 0 Å². The van der Waals surface area contributed by atoms with Gasteiger partial charge in [0.15, 0.2) is 11.2 Å². The molecule has 4 heteroatoms. The first-order valence-corrected chi connectivity index (χ1v) is 24.2. The quantitative estimate of drug-likeness (QED) is 0.167. The van der Waals surface area contributed by atoms with Gasteiger partial charge in [0.25, 0.3) is 0 Å². The summed E-state index contributed by atoms with van der Waals surface area (Å²) in [6.07, 6.45) is 5.54. The molecule has 0 bridgehead atoms. The highest BCUT2D eigenvalue weighted by atomic mass is 16.3. The standard InChI is InChI=1S/C65H48N2O2/c1-39-19-17-31-51-59-46-27-13-11-21-41(46)35-56(63(59)68-61(39)51)66(43-23-7-5-8-24-43)45-33-34-50-53(37-45)65(3,4)54-38-55(48-29-15-16-30-49(48)58(50)54)67(44-25-9-6-10-26-44)57-36-42-22-12-14-28-47(42)60-52-32-18-20-40(2)62(52)69-64(57)60/h5-18,20-39H,19H2,1-4H3. The largest absolute Gasteiger partial charge is 0.458 e. The van der Waals surface area contributed by atoms with Gasteiger partial charge in [0, 0.05) is 55.5 Å². The average Bonchev–Trinajstić information content (AvgIpc) is 4.05. The fourth-order valence-electron chi connectivity index (χ4n) is 12.0. The minimum Gasteiger partial charge on any atom is -0.458 e. The van der Waals surface area contributed by atoms with Crippen LogP contribution >= 0.6 is 0 Å². The Kier molecular flexibility index (Phi) is 8.55. The van der Waals surface area contributed by atoms with Crippen LogP contribution in [0.5, 0.6) is 0 Å². The van der Waals surface area contributed by atoms with Gasteiger partial charge in [0.05, 0.1) is 17.1 Å². The molecule has 0 N–H and O–H groups in total. The van der Waals surface area contributed by atoms with Crippen molar-refractivity contribution in [3.8, 4) is 11.1 Å². The molecule has 10 aromatic carbocycles. The molecule has 12 aromatic rings. The van der Waals surface area contributed by atoms with Crippen molar-refractivity contribution in [2.24, 2.45) is 0 Å². The van der Waals surface area contributed by atoms with E-state index in [0.29, 0.717) is 5.92 Å².